The third kappa shape index (κ3) is 3.08. The molecule has 5 nitrogen and oxygen atoms in total. The first kappa shape index (κ1) is 16.0. The van der Waals surface area contributed by atoms with E-state index in [1.54, 1.807) is 21.4 Å². The van der Waals surface area contributed by atoms with Crippen molar-refractivity contribution >= 4 is 5.91 Å². The SMILES string of the molecule is CC[C@@H](C)NC(=O)c1cnn(-c2cccc(F)c2)c1-n1cccc1. The Bertz CT molecular complexity index is 839. The van der Waals surface area contributed by atoms with Crippen LogP contribution in [0.2, 0.25) is 0 Å². The summed E-state index contributed by atoms with van der Waals surface area (Å²) in [5.41, 5.74) is 0.997. The summed E-state index contributed by atoms with van der Waals surface area (Å²) < 4.78 is 16.9. The van der Waals surface area contributed by atoms with Crippen molar-refractivity contribution < 1.29 is 9.18 Å². The van der Waals surface area contributed by atoms with Crippen LogP contribution in [0.4, 0.5) is 4.39 Å². The topological polar surface area (TPSA) is 51.9 Å². The highest BCUT2D eigenvalue weighted by Gasteiger charge is 2.20. The number of nitrogens with one attached hydrogen (secondary N) is 1. The molecule has 1 N–H and O–H groups in total. The number of nitrogens with zero attached hydrogens (tertiary/aromatic N) is 3. The molecule has 0 aliphatic heterocycles. The van der Waals surface area contributed by atoms with E-state index in [9.17, 15) is 9.18 Å². The third-order valence-electron chi connectivity index (χ3n) is 3.88. The summed E-state index contributed by atoms with van der Waals surface area (Å²) in [6.07, 6.45) is 6.00. The molecule has 124 valence electrons. The van der Waals surface area contributed by atoms with Crippen LogP contribution in [0.15, 0.2) is 55.0 Å². The van der Waals surface area contributed by atoms with Crippen molar-refractivity contribution in [1.29, 1.82) is 0 Å². The number of aromatic nitrogens is 3. The van der Waals surface area contributed by atoms with E-state index < -0.39 is 0 Å². The van der Waals surface area contributed by atoms with Crippen LogP contribution in [0.3, 0.4) is 0 Å². The Balaban J connectivity index is 2.10. The molecule has 1 atom stereocenters. The molecule has 0 saturated heterocycles. The Hall–Kier alpha value is -2.89. The highest BCUT2D eigenvalue weighted by atomic mass is 19.1. The van der Waals surface area contributed by atoms with Gasteiger partial charge in [0.2, 0.25) is 0 Å². The van der Waals surface area contributed by atoms with Crippen LogP contribution in [0.5, 0.6) is 0 Å². The maximum Gasteiger partial charge on any atom is 0.256 e. The Kier molecular flexibility index (Phi) is 4.46. The number of amides is 1. The van der Waals surface area contributed by atoms with Crippen LogP contribution < -0.4 is 5.32 Å². The smallest absolute Gasteiger partial charge is 0.256 e. The van der Waals surface area contributed by atoms with Gasteiger partial charge in [0.1, 0.15) is 11.4 Å². The van der Waals surface area contributed by atoms with E-state index in [1.807, 2.05) is 38.4 Å². The van der Waals surface area contributed by atoms with Crippen molar-refractivity contribution in [2.24, 2.45) is 0 Å². The minimum Gasteiger partial charge on any atom is -0.349 e. The lowest BCUT2D eigenvalue weighted by Crippen LogP contribution is -2.32. The molecule has 1 aromatic carbocycles. The standard InChI is InChI=1S/C18H19FN4O/c1-3-13(2)21-17(24)16-12-20-23(15-8-6-7-14(19)11-15)18(16)22-9-4-5-10-22/h4-13H,3H2,1-2H3,(H,21,24)/t13-/m1/s1. The summed E-state index contributed by atoms with van der Waals surface area (Å²) >= 11 is 0. The van der Waals surface area contributed by atoms with Crippen molar-refractivity contribution in [1.82, 2.24) is 19.7 Å². The van der Waals surface area contributed by atoms with Crippen molar-refractivity contribution in [2.45, 2.75) is 26.3 Å². The normalized spacial score (nSPS) is 12.1. The molecule has 0 fully saturated rings. The van der Waals surface area contributed by atoms with Gasteiger partial charge in [-0.25, -0.2) is 9.07 Å². The van der Waals surface area contributed by atoms with Gasteiger partial charge in [-0.15, -0.1) is 0 Å². The Labute approximate surface area is 139 Å². The summed E-state index contributed by atoms with van der Waals surface area (Å²) in [5.74, 6) is 0.0224. The first-order valence-corrected chi connectivity index (χ1v) is 7.88. The van der Waals surface area contributed by atoms with Gasteiger partial charge in [0.25, 0.3) is 5.91 Å². The fraction of sp³-hybridized carbons (Fsp3) is 0.222. The molecule has 0 spiro atoms. The number of benzene rings is 1. The molecule has 6 heteroatoms. The van der Waals surface area contributed by atoms with Crippen molar-refractivity contribution in [2.75, 3.05) is 0 Å². The second-order valence-corrected chi connectivity index (χ2v) is 5.65. The lowest BCUT2D eigenvalue weighted by Gasteiger charge is -2.13. The lowest BCUT2D eigenvalue weighted by atomic mass is 10.2. The van der Waals surface area contributed by atoms with Gasteiger partial charge in [-0.2, -0.15) is 5.10 Å². The Morgan fingerprint density at radius 3 is 2.71 bits per heavy atom. The average Bonchev–Trinajstić information content (AvgIpc) is 3.23. The van der Waals surface area contributed by atoms with E-state index in [-0.39, 0.29) is 17.8 Å². The van der Waals surface area contributed by atoms with Crippen LogP contribution >= 0.6 is 0 Å². The average molecular weight is 326 g/mol. The zero-order valence-electron chi connectivity index (χ0n) is 13.6. The molecule has 0 unspecified atom stereocenters. The maximum atomic E-state index is 13.6. The van der Waals surface area contributed by atoms with E-state index in [1.165, 1.54) is 18.3 Å². The molecule has 0 bridgehead atoms. The number of halogens is 1. The van der Waals surface area contributed by atoms with Crippen LogP contribution in [0.1, 0.15) is 30.6 Å². The highest BCUT2D eigenvalue weighted by Crippen LogP contribution is 2.20. The fourth-order valence-corrected chi connectivity index (χ4v) is 2.43. The second kappa shape index (κ2) is 6.70. The molecule has 0 saturated carbocycles. The predicted octanol–water partition coefficient (Wildman–Crippen LogP) is 3.33. The number of rotatable bonds is 5. The van der Waals surface area contributed by atoms with E-state index in [0.29, 0.717) is 17.1 Å². The second-order valence-electron chi connectivity index (χ2n) is 5.65. The summed E-state index contributed by atoms with van der Waals surface area (Å²) in [4.78, 5) is 12.6. The van der Waals surface area contributed by atoms with Crippen LogP contribution in [-0.4, -0.2) is 26.3 Å². The molecule has 0 radical (unpaired) electrons. The van der Waals surface area contributed by atoms with Gasteiger partial charge >= 0.3 is 0 Å². The van der Waals surface area contributed by atoms with Gasteiger partial charge in [0.15, 0.2) is 5.82 Å². The molecule has 3 rings (SSSR count). The van der Waals surface area contributed by atoms with Gasteiger partial charge < -0.3 is 9.88 Å². The molecular formula is C18H19FN4O. The summed E-state index contributed by atoms with van der Waals surface area (Å²) in [7, 11) is 0. The molecule has 0 aliphatic rings. The molecule has 3 aromatic rings. The third-order valence-corrected chi connectivity index (χ3v) is 3.88. The quantitative estimate of drug-likeness (QED) is 0.782. The molecule has 1 amide bonds. The molecule has 24 heavy (non-hydrogen) atoms. The van der Waals surface area contributed by atoms with Crippen molar-refractivity contribution in [3.05, 3.63) is 66.4 Å². The minimum atomic E-state index is -0.355. The van der Waals surface area contributed by atoms with Gasteiger partial charge in [0.05, 0.1) is 11.9 Å². The maximum absolute atomic E-state index is 13.6. The summed E-state index contributed by atoms with van der Waals surface area (Å²) in [6.45, 7) is 3.96. The lowest BCUT2D eigenvalue weighted by molar-refractivity contribution is 0.0939. The number of hydrogen-bond donors (Lipinski definition) is 1. The van der Waals surface area contributed by atoms with E-state index >= 15 is 0 Å². The first-order valence-electron chi connectivity index (χ1n) is 7.88. The van der Waals surface area contributed by atoms with Gasteiger partial charge in [-0.3, -0.25) is 4.79 Å². The molecule has 2 aromatic heterocycles. The first-order chi connectivity index (χ1) is 11.6. The fourth-order valence-electron chi connectivity index (χ4n) is 2.43. The molecule has 2 heterocycles. The van der Waals surface area contributed by atoms with Gasteiger partial charge in [0, 0.05) is 18.4 Å². The summed E-state index contributed by atoms with van der Waals surface area (Å²) in [5, 5.41) is 7.25. The van der Waals surface area contributed by atoms with Gasteiger partial charge in [-0.1, -0.05) is 13.0 Å². The Morgan fingerprint density at radius 1 is 1.29 bits per heavy atom. The summed E-state index contributed by atoms with van der Waals surface area (Å²) in [6, 6.07) is 9.91. The van der Waals surface area contributed by atoms with Crippen LogP contribution in [0, 0.1) is 5.82 Å². The Morgan fingerprint density at radius 2 is 2.04 bits per heavy atom. The van der Waals surface area contributed by atoms with E-state index in [4.69, 9.17) is 0 Å². The van der Waals surface area contributed by atoms with Gasteiger partial charge in [-0.05, 0) is 43.7 Å². The van der Waals surface area contributed by atoms with E-state index in [2.05, 4.69) is 10.4 Å². The van der Waals surface area contributed by atoms with Crippen LogP contribution in [-0.2, 0) is 0 Å². The zero-order chi connectivity index (χ0) is 17.1. The van der Waals surface area contributed by atoms with Crippen molar-refractivity contribution in [3.8, 4) is 11.5 Å². The highest BCUT2D eigenvalue weighted by molar-refractivity contribution is 5.97. The predicted molar refractivity (Wildman–Crippen MR) is 90.1 cm³/mol. The molecule has 0 aliphatic carbocycles. The number of carbonyl (C=O) groups excluding carboxylic acids is 1. The zero-order valence-corrected chi connectivity index (χ0v) is 13.6. The molecular weight excluding hydrogens is 307 g/mol. The number of hydrogen-bond acceptors (Lipinski definition) is 2. The minimum absolute atomic E-state index is 0.0625. The number of carbonyl (C=O) groups is 1. The van der Waals surface area contributed by atoms with Crippen LogP contribution in [0.25, 0.3) is 11.5 Å². The largest absolute Gasteiger partial charge is 0.349 e. The van der Waals surface area contributed by atoms with E-state index in [0.717, 1.165) is 6.42 Å². The van der Waals surface area contributed by atoms with Crippen molar-refractivity contribution in [3.63, 3.8) is 0 Å². The monoisotopic (exact) mass is 326 g/mol.